The Balaban J connectivity index is 4.34. The Morgan fingerprint density at radius 2 is 2.00 bits per heavy atom. The maximum atomic E-state index is 10.5. The molecule has 0 radical (unpaired) electrons. The Labute approximate surface area is 66.1 Å². The lowest BCUT2D eigenvalue weighted by atomic mass is 10.5. The summed E-state index contributed by atoms with van der Waals surface area (Å²) >= 11 is 0. The first kappa shape index (κ1) is 10.7. The highest BCUT2D eigenvalue weighted by atomic mass is 32.2. The molecule has 0 heterocycles. The van der Waals surface area contributed by atoms with Crippen LogP contribution in [0.5, 0.6) is 0 Å². The third-order valence-electron chi connectivity index (χ3n) is 0.709. The van der Waals surface area contributed by atoms with Crippen LogP contribution in [0.3, 0.4) is 0 Å². The molecule has 11 heavy (non-hydrogen) atoms. The standard InChI is InChI=1S/C4H7O5PS/c1-3(5)4(10-6)9-11(2,7)8/h4H,1-2H3. The molecule has 0 aliphatic carbocycles. The van der Waals surface area contributed by atoms with Crippen molar-refractivity contribution < 1.29 is 22.0 Å². The molecule has 0 saturated carbocycles. The van der Waals surface area contributed by atoms with Crippen LogP contribution in [0, 0.1) is 0 Å². The summed E-state index contributed by atoms with van der Waals surface area (Å²) in [4.78, 5) is 10.5. The van der Waals surface area contributed by atoms with Crippen molar-refractivity contribution in [1.29, 1.82) is 0 Å². The molecule has 0 aromatic carbocycles. The van der Waals surface area contributed by atoms with Crippen molar-refractivity contribution in [1.82, 2.24) is 0 Å². The first-order chi connectivity index (χ1) is 4.87. The third kappa shape index (κ3) is 5.01. The maximum absolute atomic E-state index is 10.5. The molecule has 0 N–H and O–H groups in total. The van der Waals surface area contributed by atoms with E-state index in [1.807, 2.05) is 0 Å². The summed E-state index contributed by atoms with van der Waals surface area (Å²) in [7, 11) is -4.36. The summed E-state index contributed by atoms with van der Waals surface area (Å²) in [5.41, 5.74) is 0. The number of rotatable bonds is 4. The van der Waals surface area contributed by atoms with Crippen LogP contribution in [0.1, 0.15) is 6.92 Å². The number of Topliss-reactive ketones (excluding diaryl/α,β-unsaturated/α-hetero) is 1. The second-order valence-electron chi connectivity index (χ2n) is 1.87. The van der Waals surface area contributed by atoms with Crippen LogP contribution in [-0.2, 0) is 23.7 Å². The van der Waals surface area contributed by atoms with E-state index in [2.05, 4.69) is 4.18 Å². The van der Waals surface area contributed by atoms with Gasteiger partial charge in [-0.1, -0.05) is 0 Å². The first-order valence-electron chi connectivity index (χ1n) is 2.58. The highest BCUT2D eigenvalue weighted by molar-refractivity contribution is 7.86. The van der Waals surface area contributed by atoms with Gasteiger partial charge in [0.1, 0.15) is 0 Å². The van der Waals surface area contributed by atoms with Gasteiger partial charge < -0.3 is 0 Å². The van der Waals surface area contributed by atoms with Gasteiger partial charge in [-0.15, -0.1) is 0 Å². The number of carbonyl (C=O) groups excluding carboxylic acids is 1. The van der Waals surface area contributed by atoms with Crippen molar-refractivity contribution in [3.8, 4) is 0 Å². The molecule has 0 aromatic heterocycles. The number of carbonyl (C=O) groups is 1. The lowest BCUT2D eigenvalue weighted by Crippen LogP contribution is -2.18. The summed E-state index contributed by atoms with van der Waals surface area (Å²) in [5, 5.41) is 0. The van der Waals surface area contributed by atoms with Crippen LogP contribution < -0.4 is 0 Å². The van der Waals surface area contributed by atoms with Gasteiger partial charge in [-0.05, 0) is 6.92 Å². The summed E-state index contributed by atoms with van der Waals surface area (Å²) < 4.78 is 35.0. The van der Waals surface area contributed by atoms with E-state index in [4.69, 9.17) is 0 Å². The van der Waals surface area contributed by atoms with Crippen LogP contribution in [0.25, 0.3) is 0 Å². The molecule has 0 bridgehead atoms. The van der Waals surface area contributed by atoms with Gasteiger partial charge in [0.05, 0.1) is 6.26 Å². The van der Waals surface area contributed by atoms with Gasteiger partial charge in [-0.2, -0.15) is 8.42 Å². The van der Waals surface area contributed by atoms with E-state index in [1.54, 1.807) is 0 Å². The number of hydrogen-bond donors (Lipinski definition) is 0. The minimum atomic E-state index is -3.71. The lowest BCUT2D eigenvalue weighted by Gasteiger charge is -2.02. The molecule has 1 unspecified atom stereocenters. The third-order valence-corrected chi connectivity index (χ3v) is 2.05. The van der Waals surface area contributed by atoms with E-state index >= 15 is 0 Å². The van der Waals surface area contributed by atoms with E-state index in [1.165, 1.54) is 0 Å². The minimum absolute atomic E-state index is 0.591. The van der Waals surface area contributed by atoms with Crippen molar-refractivity contribution in [2.75, 3.05) is 6.26 Å². The minimum Gasteiger partial charge on any atom is -0.296 e. The molecule has 0 amide bonds. The molecule has 64 valence electrons. The normalized spacial score (nSPS) is 14.7. The van der Waals surface area contributed by atoms with Crippen LogP contribution in [0.2, 0.25) is 0 Å². The van der Waals surface area contributed by atoms with Crippen LogP contribution in [0.15, 0.2) is 0 Å². The molecule has 0 aromatic rings. The monoisotopic (exact) mass is 198 g/mol. The van der Waals surface area contributed by atoms with Crippen molar-refractivity contribution in [2.24, 2.45) is 0 Å². The molecule has 0 aliphatic heterocycles. The molecule has 5 nitrogen and oxygen atoms in total. The van der Waals surface area contributed by atoms with Crippen LogP contribution in [-0.4, -0.2) is 26.3 Å². The van der Waals surface area contributed by atoms with Crippen molar-refractivity contribution in [3.63, 3.8) is 0 Å². The zero-order valence-electron chi connectivity index (χ0n) is 5.97. The molecule has 0 aliphatic rings. The Morgan fingerprint density at radius 1 is 1.55 bits per heavy atom. The average Bonchev–Trinajstić information content (AvgIpc) is 1.80. The second kappa shape index (κ2) is 3.90. The molecular weight excluding hydrogens is 191 g/mol. The van der Waals surface area contributed by atoms with Crippen molar-refractivity contribution in [3.05, 3.63) is 0 Å². The van der Waals surface area contributed by atoms with Gasteiger partial charge in [0.15, 0.2) is 14.2 Å². The van der Waals surface area contributed by atoms with Crippen molar-refractivity contribution in [2.45, 2.75) is 12.8 Å². The van der Waals surface area contributed by atoms with Crippen LogP contribution in [0.4, 0.5) is 0 Å². The van der Waals surface area contributed by atoms with E-state index in [9.17, 15) is 17.8 Å². The van der Waals surface area contributed by atoms with Crippen molar-refractivity contribution >= 4 is 24.4 Å². The smallest absolute Gasteiger partial charge is 0.265 e. The molecule has 0 fully saturated rings. The number of hydrogen-bond acceptors (Lipinski definition) is 5. The molecule has 7 heteroatoms. The Kier molecular flexibility index (Phi) is 3.78. The molecule has 1 atom stereocenters. The maximum Gasteiger partial charge on any atom is 0.265 e. The van der Waals surface area contributed by atoms with Crippen LogP contribution >= 0.6 is 8.46 Å². The number of ketones is 1. The fourth-order valence-corrected chi connectivity index (χ4v) is 1.55. The topological polar surface area (TPSA) is 77.5 Å². The zero-order valence-corrected chi connectivity index (χ0v) is 7.68. The SMILES string of the molecule is CC(=O)C(OS(C)(=O)=O)P=O. The van der Waals surface area contributed by atoms with Gasteiger partial charge in [-0.25, -0.2) is 4.18 Å². The Bertz CT molecular complexity index is 256. The van der Waals surface area contributed by atoms with E-state index in [0.29, 0.717) is 0 Å². The van der Waals surface area contributed by atoms with E-state index in [0.717, 1.165) is 13.2 Å². The summed E-state index contributed by atoms with van der Waals surface area (Å²) in [5.74, 6) is -1.99. The Hall–Kier alpha value is -0.320. The summed E-state index contributed by atoms with van der Waals surface area (Å²) in [6.45, 7) is 1.10. The Morgan fingerprint density at radius 3 is 2.09 bits per heavy atom. The van der Waals surface area contributed by atoms with Gasteiger partial charge in [0.2, 0.25) is 5.85 Å². The molecule has 0 spiro atoms. The fraction of sp³-hybridized carbons (Fsp3) is 0.750. The van der Waals surface area contributed by atoms with E-state index in [-0.39, 0.29) is 0 Å². The molecular formula is C4H7O5PS. The largest absolute Gasteiger partial charge is 0.296 e. The van der Waals surface area contributed by atoms with Gasteiger partial charge in [-0.3, -0.25) is 9.36 Å². The van der Waals surface area contributed by atoms with E-state index < -0.39 is 30.2 Å². The molecule has 0 saturated heterocycles. The quantitative estimate of drug-likeness (QED) is 0.475. The second-order valence-corrected chi connectivity index (χ2v) is 4.15. The highest BCUT2D eigenvalue weighted by Crippen LogP contribution is 2.11. The first-order valence-corrected chi connectivity index (χ1v) is 5.28. The lowest BCUT2D eigenvalue weighted by molar-refractivity contribution is -0.120. The summed E-state index contributed by atoms with van der Waals surface area (Å²) in [6.07, 6.45) is 0.786. The predicted molar refractivity (Wildman–Crippen MR) is 38.0 cm³/mol. The average molecular weight is 198 g/mol. The summed E-state index contributed by atoms with van der Waals surface area (Å²) in [6, 6.07) is 0. The van der Waals surface area contributed by atoms with Gasteiger partial charge in [0, 0.05) is 0 Å². The molecule has 0 rings (SSSR count). The zero-order chi connectivity index (χ0) is 9.07. The highest BCUT2D eigenvalue weighted by Gasteiger charge is 2.19. The van der Waals surface area contributed by atoms with Gasteiger partial charge >= 0.3 is 0 Å². The fourth-order valence-electron chi connectivity index (χ4n) is 0.325. The predicted octanol–water partition coefficient (Wildman–Crippen LogP) is 0.169. The van der Waals surface area contributed by atoms with Gasteiger partial charge in [0.25, 0.3) is 10.1 Å².